The number of nitrogens with zero attached hydrogens (tertiary/aromatic N) is 3. The van der Waals surface area contributed by atoms with Crippen LogP contribution < -0.4 is 10.1 Å². The summed E-state index contributed by atoms with van der Waals surface area (Å²) in [5.41, 5.74) is 0.849. The molecule has 19 heavy (non-hydrogen) atoms. The zero-order valence-corrected chi connectivity index (χ0v) is 11.1. The highest BCUT2D eigenvalue weighted by atomic mass is 16.5. The first kappa shape index (κ1) is 13.5. The smallest absolute Gasteiger partial charge is 0.164 e. The summed E-state index contributed by atoms with van der Waals surface area (Å²) in [7, 11) is 3.44. The summed E-state index contributed by atoms with van der Waals surface area (Å²) in [6, 6.07) is 7.37. The van der Waals surface area contributed by atoms with Gasteiger partial charge < -0.3 is 15.2 Å². The average molecular weight is 262 g/mol. The van der Waals surface area contributed by atoms with E-state index in [0.29, 0.717) is 18.9 Å². The Morgan fingerprint density at radius 1 is 1.37 bits per heavy atom. The van der Waals surface area contributed by atoms with Gasteiger partial charge in [0.25, 0.3) is 0 Å². The van der Waals surface area contributed by atoms with E-state index < -0.39 is 6.10 Å². The van der Waals surface area contributed by atoms with Crippen molar-refractivity contribution in [3.63, 3.8) is 0 Å². The fourth-order valence-corrected chi connectivity index (χ4v) is 1.73. The molecule has 1 atom stereocenters. The van der Waals surface area contributed by atoms with Crippen molar-refractivity contribution in [1.29, 1.82) is 0 Å². The fraction of sp³-hybridized carbons (Fsp3) is 0.385. The minimum atomic E-state index is -0.561. The van der Waals surface area contributed by atoms with Crippen LogP contribution in [0.5, 0.6) is 5.75 Å². The SMILES string of the molecule is COc1ccc(C(O)CNCc2ncn(C)n2)cc1. The molecule has 1 aromatic heterocycles. The van der Waals surface area contributed by atoms with Crippen molar-refractivity contribution in [2.75, 3.05) is 13.7 Å². The Hall–Kier alpha value is -1.92. The third-order valence-corrected chi connectivity index (χ3v) is 2.77. The number of aliphatic hydroxyl groups excluding tert-OH is 1. The Balaban J connectivity index is 1.81. The molecular weight excluding hydrogens is 244 g/mol. The standard InChI is InChI=1S/C13H18N4O2/c1-17-9-15-13(16-17)8-14-7-12(18)10-3-5-11(19-2)6-4-10/h3-6,9,12,14,18H,7-8H2,1-2H3. The molecule has 0 aliphatic rings. The van der Waals surface area contributed by atoms with Gasteiger partial charge in [0.1, 0.15) is 12.1 Å². The number of hydrogen-bond acceptors (Lipinski definition) is 5. The zero-order chi connectivity index (χ0) is 13.7. The van der Waals surface area contributed by atoms with E-state index in [9.17, 15) is 5.11 Å². The number of nitrogens with one attached hydrogen (secondary N) is 1. The molecule has 0 fully saturated rings. The molecule has 0 saturated carbocycles. The van der Waals surface area contributed by atoms with Gasteiger partial charge in [-0.15, -0.1) is 0 Å². The summed E-state index contributed by atoms with van der Waals surface area (Å²) >= 11 is 0. The van der Waals surface area contributed by atoms with Gasteiger partial charge in [0.15, 0.2) is 5.82 Å². The van der Waals surface area contributed by atoms with Crippen LogP contribution in [0, 0.1) is 0 Å². The lowest BCUT2D eigenvalue weighted by molar-refractivity contribution is 0.174. The zero-order valence-electron chi connectivity index (χ0n) is 11.1. The number of aliphatic hydroxyl groups is 1. The lowest BCUT2D eigenvalue weighted by Crippen LogP contribution is -2.21. The molecule has 0 amide bonds. The topological polar surface area (TPSA) is 72.2 Å². The van der Waals surface area contributed by atoms with E-state index in [1.165, 1.54) is 0 Å². The van der Waals surface area contributed by atoms with Gasteiger partial charge in [-0.2, -0.15) is 5.10 Å². The van der Waals surface area contributed by atoms with Gasteiger partial charge >= 0.3 is 0 Å². The molecule has 1 aromatic carbocycles. The fourth-order valence-electron chi connectivity index (χ4n) is 1.73. The molecule has 6 heteroatoms. The first-order valence-electron chi connectivity index (χ1n) is 6.06. The summed E-state index contributed by atoms with van der Waals surface area (Å²) in [6.45, 7) is 0.985. The number of benzene rings is 1. The molecule has 2 N–H and O–H groups in total. The molecule has 0 saturated heterocycles. The Bertz CT molecular complexity index is 510. The van der Waals surface area contributed by atoms with E-state index in [2.05, 4.69) is 15.4 Å². The number of aryl methyl sites for hydroxylation is 1. The van der Waals surface area contributed by atoms with Crippen LogP contribution >= 0.6 is 0 Å². The van der Waals surface area contributed by atoms with Gasteiger partial charge in [-0.1, -0.05) is 12.1 Å². The Kier molecular flexibility index (Phi) is 4.48. The second-order valence-electron chi connectivity index (χ2n) is 4.25. The van der Waals surface area contributed by atoms with Crippen LogP contribution in [0.1, 0.15) is 17.5 Å². The van der Waals surface area contributed by atoms with Crippen LogP contribution in [-0.2, 0) is 13.6 Å². The quantitative estimate of drug-likeness (QED) is 0.799. The molecule has 102 valence electrons. The number of aromatic nitrogens is 3. The minimum Gasteiger partial charge on any atom is -0.497 e. The summed E-state index contributed by atoms with van der Waals surface area (Å²) in [4.78, 5) is 4.10. The maximum absolute atomic E-state index is 10.0. The number of methoxy groups -OCH3 is 1. The summed E-state index contributed by atoms with van der Waals surface area (Å²) in [6.07, 6.45) is 1.09. The molecule has 1 heterocycles. The lowest BCUT2D eigenvalue weighted by Gasteiger charge is -2.11. The number of ether oxygens (including phenoxy) is 1. The van der Waals surface area contributed by atoms with Crippen molar-refractivity contribution >= 4 is 0 Å². The van der Waals surface area contributed by atoms with Gasteiger partial charge in [0, 0.05) is 13.6 Å². The molecule has 0 bridgehead atoms. The predicted octanol–water partition coefficient (Wildman–Crippen LogP) is 0.647. The van der Waals surface area contributed by atoms with E-state index in [1.54, 1.807) is 18.1 Å². The number of hydrogen-bond donors (Lipinski definition) is 2. The van der Waals surface area contributed by atoms with Crippen LogP contribution in [0.2, 0.25) is 0 Å². The van der Waals surface area contributed by atoms with E-state index in [1.807, 2.05) is 31.3 Å². The van der Waals surface area contributed by atoms with Crippen LogP contribution in [-0.4, -0.2) is 33.5 Å². The van der Waals surface area contributed by atoms with Crippen molar-refractivity contribution in [3.05, 3.63) is 42.0 Å². The van der Waals surface area contributed by atoms with Crippen molar-refractivity contribution < 1.29 is 9.84 Å². The van der Waals surface area contributed by atoms with E-state index in [0.717, 1.165) is 11.3 Å². The molecule has 0 radical (unpaired) electrons. The Morgan fingerprint density at radius 3 is 2.68 bits per heavy atom. The first-order valence-corrected chi connectivity index (χ1v) is 6.06. The Morgan fingerprint density at radius 2 is 2.11 bits per heavy atom. The van der Waals surface area contributed by atoms with Gasteiger partial charge in [-0.3, -0.25) is 4.68 Å². The third-order valence-electron chi connectivity index (χ3n) is 2.77. The molecular formula is C13H18N4O2. The largest absolute Gasteiger partial charge is 0.497 e. The molecule has 2 aromatic rings. The van der Waals surface area contributed by atoms with Crippen molar-refractivity contribution in [3.8, 4) is 5.75 Å². The lowest BCUT2D eigenvalue weighted by atomic mass is 10.1. The number of rotatable bonds is 6. The van der Waals surface area contributed by atoms with Crippen molar-refractivity contribution in [1.82, 2.24) is 20.1 Å². The van der Waals surface area contributed by atoms with Gasteiger partial charge in [0.05, 0.1) is 19.8 Å². The van der Waals surface area contributed by atoms with Gasteiger partial charge in [-0.05, 0) is 17.7 Å². The van der Waals surface area contributed by atoms with Gasteiger partial charge in [0.2, 0.25) is 0 Å². The van der Waals surface area contributed by atoms with E-state index >= 15 is 0 Å². The normalized spacial score (nSPS) is 12.4. The highest BCUT2D eigenvalue weighted by Gasteiger charge is 2.07. The third kappa shape index (κ3) is 3.77. The minimum absolute atomic E-state index is 0.449. The first-order chi connectivity index (χ1) is 9.19. The molecule has 6 nitrogen and oxygen atoms in total. The summed E-state index contributed by atoms with van der Waals surface area (Å²) in [5.74, 6) is 1.49. The average Bonchev–Trinajstić information content (AvgIpc) is 2.84. The highest BCUT2D eigenvalue weighted by Crippen LogP contribution is 2.16. The summed E-state index contributed by atoms with van der Waals surface area (Å²) < 4.78 is 6.72. The predicted molar refractivity (Wildman–Crippen MR) is 70.7 cm³/mol. The van der Waals surface area contributed by atoms with E-state index in [-0.39, 0.29) is 0 Å². The second kappa shape index (κ2) is 6.31. The Labute approximate surface area is 112 Å². The highest BCUT2D eigenvalue weighted by molar-refractivity contribution is 5.28. The van der Waals surface area contributed by atoms with Crippen LogP contribution in [0.15, 0.2) is 30.6 Å². The van der Waals surface area contributed by atoms with Crippen LogP contribution in [0.4, 0.5) is 0 Å². The maximum atomic E-state index is 10.0. The summed E-state index contributed by atoms with van der Waals surface area (Å²) in [5, 5.41) is 17.3. The molecule has 1 unspecified atom stereocenters. The molecule has 0 spiro atoms. The van der Waals surface area contributed by atoms with Crippen molar-refractivity contribution in [2.45, 2.75) is 12.6 Å². The molecule has 2 rings (SSSR count). The van der Waals surface area contributed by atoms with E-state index in [4.69, 9.17) is 4.74 Å². The molecule has 0 aliphatic carbocycles. The van der Waals surface area contributed by atoms with Crippen LogP contribution in [0.3, 0.4) is 0 Å². The monoisotopic (exact) mass is 262 g/mol. The maximum Gasteiger partial charge on any atom is 0.164 e. The van der Waals surface area contributed by atoms with Gasteiger partial charge in [-0.25, -0.2) is 4.98 Å². The second-order valence-corrected chi connectivity index (χ2v) is 4.25. The van der Waals surface area contributed by atoms with Crippen molar-refractivity contribution in [2.24, 2.45) is 7.05 Å². The molecule has 0 aliphatic heterocycles. The van der Waals surface area contributed by atoms with Crippen LogP contribution in [0.25, 0.3) is 0 Å².